The Labute approximate surface area is 182 Å². The van der Waals surface area contributed by atoms with E-state index in [0.29, 0.717) is 41.4 Å². The van der Waals surface area contributed by atoms with E-state index in [1.165, 1.54) is 0 Å². The van der Waals surface area contributed by atoms with Crippen LogP contribution in [0.5, 0.6) is 11.5 Å². The molecule has 3 rings (SSSR count). The van der Waals surface area contributed by atoms with Crippen LogP contribution in [0.2, 0.25) is 0 Å². The van der Waals surface area contributed by atoms with E-state index >= 15 is 0 Å². The first kappa shape index (κ1) is 22.3. The molecule has 0 fully saturated rings. The predicted octanol–water partition coefficient (Wildman–Crippen LogP) is 3.97. The van der Waals surface area contributed by atoms with E-state index in [1.807, 2.05) is 19.1 Å². The summed E-state index contributed by atoms with van der Waals surface area (Å²) in [5.41, 5.74) is 3.42. The van der Waals surface area contributed by atoms with Crippen LogP contribution in [-0.2, 0) is 14.3 Å². The van der Waals surface area contributed by atoms with Gasteiger partial charge in [-0.3, -0.25) is 4.79 Å². The molecular formula is C23H29NO5S. The van der Waals surface area contributed by atoms with Crippen molar-refractivity contribution in [1.82, 2.24) is 5.32 Å². The Kier molecular flexibility index (Phi) is 7.48. The topological polar surface area (TPSA) is 73.9 Å². The fourth-order valence-electron chi connectivity index (χ4n) is 4.12. The fourth-order valence-corrected chi connectivity index (χ4v) is 4.61. The molecular weight excluding hydrogens is 402 g/mol. The molecule has 1 atom stereocenters. The summed E-state index contributed by atoms with van der Waals surface area (Å²) in [5.74, 6) is 1.89. The number of esters is 1. The molecule has 0 radical (unpaired) electrons. The standard InChI is InChI=1S/C23H29NO5S/c1-5-30-13-12-29-23(26)19-14(2)24-16-9-7-10-17(25)21(16)20(19)15-8-6-11-18(27-3)22(15)28-4/h6,8,11,20,24H,5,7,9-10,12-13H2,1-4H3/t20-/m0/s1. The maximum Gasteiger partial charge on any atom is 0.336 e. The molecule has 0 bridgehead atoms. The van der Waals surface area contributed by atoms with Gasteiger partial charge in [-0.15, -0.1) is 0 Å². The van der Waals surface area contributed by atoms with Gasteiger partial charge in [0.05, 0.1) is 25.7 Å². The predicted molar refractivity (Wildman–Crippen MR) is 118 cm³/mol. The number of ketones is 1. The molecule has 30 heavy (non-hydrogen) atoms. The van der Waals surface area contributed by atoms with Crippen molar-refractivity contribution >= 4 is 23.5 Å². The van der Waals surface area contributed by atoms with Gasteiger partial charge in [-0.2, -0.15) is 11.8 Å². The third-order valence-electron chi connectivity index (χ3n) is 5.41. The average molecular weight is 432 g/mol. The smallest absolute Gasteiger partial charge is 0.336 e. The van der Waals surface area contributed by atoms with Gasteiger partial charge in [0.2, 0.25) is 0 Å². The van der Waals surface area contributed by atoms with Crippen LogP contribution < -0.4 is 14.8 Å². The van der Waals surface area contributed by atoms with Gasteiger partial charge in [-0.05, 0) is 31.6 Å². The van der Waals surface area contributed by atoms with Crippen molar-refractivity contribution in [3.63, 3.8) is 0 Å². The minimum atomic E-state index is -0.551. The number of Topliss-reactive ketones (excluding diaryl/α,β-unsaturated/α-hetero) is 1. The molecule has 0 amide bonds. The second kappa shape index (κ2) is 10.1. The van der Waals surface area contributed by atoms with E-state index < -0.39 is 11.9 Å². The zero-order valence-corrected chi connectivity index (χ0v) is 18.8. The van der Waals surface area contributed by atoms with Gasteiger partial charge in [0, 0.05) is 34.7 Å². The van der Waals surface area contributed by atoms with Gasteiger partial charge in [-0.25, -0.2) is 4.79 Å². The van der Waals surface area contributed by atoms with Crippen LogP contribution in [0.25, 0.3) is 0 Å². The van der Waals surface area contributed by atoms with Crippen molar-refractivity contribution in [1.29, 1.82) is 0 Å². The van der Waals surface area contributed by atoms with Crippen molar-refractivity contribution in [3.05, 3.63) is 46.3 Å². The second-order valence-corrected chi connectivity index (χ2v) is 8.58. The SMILES string of the molecule is CCSCCOC(=O)C1=C(C)NC2=C(C(=O)CCC2)[C@H]1c1cccc(OC)c1OC. The molecule has 2 aliphatic rings. The molecule has 0 aromatic heterocycles. The molecule has 1 aliphatic heterocycles. The highest BCUT2D eigenvalue weighted by atomic mass is 32.2. The number of para-hydroxylation sites is 1. The molecule has 1 aliphatic carbocycles. The molecule has 0 unspecified atom stereocenters. The lowest BCUT2D eigenvalue weighted by Gasteiger charge is -2.34. The zero-order valence-electron chi connectivity index (χ0n) is 18.0. The number of hydrogen-bond acceptors (Lipinski definition) is 7. The third kappa shape index (κ3) is 4.36. The number of thioether (sulfide) groups is 1. The van der Waals surface area contributed by atoms with Gasteiger partial charge < -0.3 is 19.5 Å². The molecule has 7 heteroatoms. The van der Waals surface area contributed by atoms with Crippen molar-refractivity contribution in [3.8, 4) is 11.5 Å². The van der Waals surface area contributed by atoms with Crippen LogP contribution in [0, 0.1) is 0 Å². The van der Waals surface area contributed by atoms with E-state index in [9.17, 15) is 9.59 Å². The van der Waals surface area contributed by atoms with Crippen LogP contribution in [0.1, 0.15) is 44.6 Å². The first-order chi connectivity index (χ1) is 14.5. The van der Waals surface area contributed by atoms with Gasteiger partial charge in [-0.1, -0.05) is 19.1 Å². The molecule has 6 nitrogen and oxygen atoms in total. The largest absolute Gasteiger partial charge is 0.493 e. The summed E-state index contributed by atoms with van der Waals surface area (Å²) in [6, 6.07) is 5.54. The lowest BCUT2D eigenvalue weighted by atomic mass is 9.75. The molecule has 1 heterocycles. The fraction of sp³-hybridized carbons (Fsp3) is 0.478. The van der Waals surface area contributed by atoms with Gasteiger partial charge in [0.25, 0.3) is 0 Å². The summed E-state index contributed by atoms with van der Waals surface area (Å²) in [7, 11) is 3.14. The maximum atomic E-state index is 13.2. The molecule has 0 spiro atoms. The minimum Gasteiger partial charge on any atom is -0.493 e. The third-order valence-corrected chi connectivity index (χ3v) is 6.27. The van der Waals surface area contributed by atoms with Crippen molar-refractivity contribution in [2.75, 3.05) is 32.3 Å². The number of carbonyl (C=O) groups excluding carboxylic acids is 2. The molecule has 162 valence electrons. The van der Waals surface area contributed by atoms with Crippen LogP contribution in [0.4, 0.5) is 0 Å². The van der Waals surface area contributed by atoms with E-state index in [0.717, 1.165) is 35.6 Å². The second-order valence-electron chi connectivity index (χ2n) is 7.18. The number of methoxy groups -OCH3 is 2. The number of allylic oxidation sites excluding steroid dienone is 3. The number of ether oxygens (including phenoxy) is 3. The summed E-state index contributed by atoms with van der Waals surface area (Å²) >= 11 is 1.72. The summed E-state index contributed by atoms with van der Waals surface area (Å²) in [6.07, 6.45) is 2.04. The van der Waals surface area contributed by atoms with Crippen LogP contribution in [-0.4, -0.2) is 44.1 Å². The van der Waals surface area contributed by atoms with Crippen LogP contribution in [0.3, 0.4) is 0 Å². The number of benzene rings is 1. The van der Waals surface area contributed by atoms with Gasteiger partial charge in [0.15, 0.2) is 17.3 Å². The van der Waals surface area contributed by atoms with Crippen LogP contribution >= 0.6 is 11.8 Å². The quantitative estimate of drug-likeness (QED) is 0.493. The Morgan fingerprint density at radius 1 is 1.23 bits per heavy atom. The van der Waals surface area contributed by atoms with Crippen molar-refractivity contribution < 1.29 is 23.8 Å². The summed E-state index contributed by atoms with van der Waals surface area (Å²) in [4.78, 5) is 26.1. The van der Waals surface area contributed by atoms with Crippen molar-refractivity contribution in [2.45, 2.75) is 39.0 Å². The van der Waals surface area contributed by atoms with E-state index in [2.05, 4.69) is 12.2 Å². The molecule has 0 saturated heterocycles. The Morgan fingerprint density at radius 2 is 2.03 bits per heavy atom. The average Bonchev–Trinajstić information content (AvgIpc) is 2.75. The highest BCUT2D eigenvalue weighted by Gasteiger charge is 2.40. The lowest BCUT2D eigenvalue weighted by Crippen LogP contribution is -2.34. The minimum absolute atomic E-state index is 0.0537. The summed E-state index contributed by atoms with van der Waals surface area (Å²) in [6.45, 7) is 4.26. The number of hydrogen-bond donors (Lipinski definition) is 1. The number of dihydropyridines is 1. The van der Waals surface area contributed by atoms with E-state index in [-0.39, 0.29) is 5.78 Å². The summed E-state index contributed by atoms with van der Waals surface area (Å²) in [5, 5.41) is 3.31. The Hall–Kier alpha value is -2.41. The molecule has 1 aromatic rings. The number of carbonyl (C=O) groups is 2. The normalized spacial score (nSPS) is 18.7. The first-order valence-electron chi connectivity index (χ1n) is 10.2. The van der Waals surface area contributed by atoms with Gasteiger partial charge in [0.1, 0.15) is 6.61 Å². The number of nitrogens with one attached hydrogen (secondary N) is 1. The Morgan fingerprint density at radius 3 is 2.73 bits per heavy atom. The van der Waals surface area contributed by atoms with E-state index in [1.54, 1.807) is 32.0 Å². The van der Waals surface area contributed by atoms with Gasteiger partial charge >= 0.3 is 5.97 Å². The Bertz CT molecular complexity index is 890. The highest BCUT2D eigenvalue weighted by molar-refractivity contribution is 7.99. The van der Waals surface area contributed by atoms with Crippen molar-refractivity contribution in [2.24, 2.45) is 0 Å². The van der Waals surface area contributed by atoms with E-state index in [4.69, 9.17) is 14.2 Å². The maximum absolute atomic E-state index is 13.2. The highest BCUT2D eigenvalue weighted by Crippen LogP contribution is 2.47. The lowest BCUT2D eigenvalue weighted by molar-refractivity contribution is -0.138. The molecule has 0 saturated carbocycles. The Balaban J connectivity index is 2.09. The monoisotopic (exact) mass is 431 g/mol. The molecule has 1 aromatic carbocycles. The first-order valence-corrected chi connectivity index (χ1v) is 11.4. The van der Waals surface area contributed by atoms with Crippen LogP contribution in [0.15, 0.2) is 40.7 Å². The zero-order chi connectivity index (χ0) is 21.7. The molecule has 1 N–H and O–H groups in total. The summed E-state index contributed by atoms with van der Waals surface area (Å²) < 4.78 is 16.7. The number of rotatable bonds is 8.